The van der Waals surface area contributed by atoms with Crippen molar-refractivity contribution < 1.29 is 14.6 Å². The maximum Gasteiger partial charge on any atom is 0.215 e. The molecule has 0 radical (unpaired) electrons. The molecule has 1 fully saturated rings. The molecule has 0 aliphatic carbocycles. The highest BCUT2D eigenvalue weighted by Crippen LogP contribution is 2.09. The molecule has 1 atom stereocenters. The second-order valence-corrected chi connectivity index (χ2v) is 3.44. The van der Waals surface area contributed by atoms with Crippen LogP contribution in [0.25, 0.3) is 0 Å². The average molecular weight is 204 g/mol. The SMILES string of the molecule is COC(NCC(O)N1CCCC1)OC. The fraction of sp³-hybridized carbons (Fsp3) is 1.00. The number of nitrogens with zero attached hydrogens (tertiary/aromatic N) is 1. The van der Waals surface area contributed by atoms with Gasteiger partial charge in [0.05, 0.1) is 0 Å². The molecule has 0 amide bonds. The van der Waals surface area contributed by atoms with Crippen LogP contribution in [0.2, 0.25) is 0 Å². The van der Waals surface area contributed by atoms with Gasteiger partial charge in [-0.3, -0.25) is 10.2 Å². The van der Waals surface area contributed by atoms with Crippen molar-refractivity contribution in [1.29, 1.82) is 0 Å². The van der Waals surface area contributed by atoms with Crippen molar-refractivity contribution in [3.8, 4) is 0 Å². The second kappa shape index (κ2) is 6.31. The summed E-state index contributed by atoms with van der Waals surface area (Å²) in [5.74, 6) is 0. The normalized spacial score (nSPS) is 20.6. The van der Waals surface area contributed by atoms with Gasteiger partial charge in [0.25, 0.3) is 0 Å². The molecule has 5 nitrogen and oxygen atoms in total. The first-order valence-electron chi connectivity index (χ1n) is 4.99. The predicted molar refractivity (Wildman–Crippen MR) is 52.6 cm³/mol. The quantitative estimate of drug-likeness (QED) is 0.575. The molecule has 1 unspecified atom stereocenters. The average Bonchev–Trinajstić information content (AvgIpc) is 2.72. The molecule has 1 saturated heterocycles. The van der Waals surface area contributed by atoms with Crippen LogP contribution in [-0.2, 0) is 9.47 Å². The minimum absolute atomic E-state index is 0.438. The molecule has 1 aliphatic rings. The zero-order chi connectivity index (χ0) is 10.4. The molecule has 1 aliphatic heterocycles. The summed E-state index contributed by atoms with van der Waals surface area (Å²) in [6.45, 7) is 2.42. The van der Waals surface area contributed by atoms with E-state index in [0.29, 0.717) is 6.54 Å². The first-order chi connectivity index (χ1) is 6.77. The second-order valence-electron chi connectivity index (χ2n) is 3.44. The summed E-state index contributed by atoms with van der Waals surface area (Å²) in [7, 11) is 3.12. The molecule has 0 aromatic rings. The summed E-state index contributed by atoms with van der Waals surface area (Å²) in [4.78, 5) is 2.05. The minimum Gasteiger partial charge on any atom is -0.377 e. The van der Waals surface area contributed by atoms with Gasteiger partial charge in [-0.05, 0) is 12.8 Å². The predicted octanol–water partition coefficient (Wildman–Crippen LogP) is -0.433. The van der Waals surface area contributed by atoms with Crippen molar-refractivity contribution in [2.75, 3.05) is 33.9 Å². The molecule has 0 bridgehead atoms. The summed E-state index contributed by atoms with van der Waals surface area (Å²) in [6, 6.07) is 0. The molecule has 0 aromatic heterocycles. The third-order valence-corrected chi connectivity index (χ3v) is 2.46. The van der Waals surface area contributed by atoms with Crippen molar-refractivity contribution in [1.82, 2.24) is 10.2 Å². The number of methoxy groups -OCH3 is 2. The van der Waals surface area contributed by atoms with Gasteiger partial charge < -0.3 is 14.6 Å². The summed E-state index contributed by atoms with van der Waals surface area (Å²) in [5, 5.41) is 12.7. The molecule has 0 spiro atoms. The van der Waals surface area contributed by atoms with Crippen molar-refractivity contribution in [2.45, 2.75) is 25.5 Å². The summed E-state index contributed by atoms with van der Waals surface area (Å²) >= 11 is 0. The molecule has 14 heavy (non-hydrogen) atoms. The van der Waals surface area contributed by atoms with E-state index in [4.69, 9.17) is 9.47 Å². The van der Waals surface area contributed by atoms with Gasteiger partial charge in [-0.1, -0.05) is 0 Å². The number of hydrogen-bond donors (Lipinski definition) is 2. The number of aliphatic hydroxyl groups excluding tert-OH is 1. The fourth-order valence-electron chi connectivity index (χ4n) is 1.63. The third kappa shape index (κ3) is 3.51. The maximum atomic E-state index is 9.74. The van der Waals surface area contributed by atoms with E-state index < -0.39 is 12.6 Å². The number of nitrogens with one attached hydrogen (secondary N) is 1. The van der Waals surface area contributed by atoms with Gasteiger partial charge >= 0.3 is 0 Å². The Kier molecular flexibility index (Phi) is 5.36. The first-order valence-corrected chi connectivity index (χ1v) is 4.99. The maximum absolute atomic E-state index is 9.74. The number of rotatable bonds is 6. The lowest BCUT2D eigenvalue weighted by molar-refractivity contribution is -0.131. The number of ether oxygens (including phenoxy) is 2. The molecule has 1 heterocycles. The van der Waals surface area contributed by atoms with Crippen LogP contribution in [0.3, 0.4) is 0 Å². The van der Waals surface area contributed by atoms with Crippen LogP contribution in [-0.4, -0.2) is 56.5 Å². The van der Waals surface area contributed by atoms with Gasteiger partial charge in [0.2, 0.25) is 6.41 Å². The monoisotopic (exact) mass is 204 g/mol. The van der Waals surface area contributed by atoms with E-state index in [9.17, 15) is 5.11 Å². The van der Waals surface area contributed by atoms with Crippen LogP contribution < -0.4 is 5.32 Å². The Labute approximate surface area is 85.0 Å². The Balaban J connectivity index is 2.15. The molecule has 1 rings (SSSR count). The van der Waals surface area contributed by atoms with Gasteiger partial charge in [0, 0.05) is 33.9 Å². The zero-order valence-corrected chi connectivity index (χ0v) is 8.90. The number of hydrogen-bond acceptors (Lipinski definition) is 5. The van der Waals surface area contributed by atoms with Crippen LogP contribution in [0.1, 0.15) is 12.8 Å². The number of likely N-dealkylation sites (tertiary alicyclic amines) is 1. The van der Waals surface area contributed by atoms with Crippen molar-refractivity contribution in [2.24, 2.45) is 0 Å². The van der Waals surface area contributed by atoms with E-state index in [2.05, 4.69) is 10.2 Å². The highest BCUT2D eigenvalue weighted by atomic mass is 16.7. The minimum atomic E-state index is -0.440. The van der Waals surface area contributed by atoms with E-state index in [0.717, 1.165) is 13.1 Å². The standard InChI is InChI=1S/C9H20N2O3/c1-13-9(14-2)10-7-8(12)11-5-3-4-6-11/h8-10,12H,3-7H2,1-2H3. The zero-order valence-electron chi connectivity index (χ0n) is 8.90. The first kappa shape index (κ1) is 11.9. The molecule has 0 saturated carbocycles. The summed E-state index contributed by atoms with van der Waals surface area (Å²) in [6.07, 6.45) is 1.47. The Hall–Kier alpha value is -0.200. The van der Waals surface area contributed by atoms with E-state index in [1.165, 1.54) is 12.8 Å². The number of aliphatic hydroxyl groups is 1. The van der Waals surface area contributed by atoms with E-state index in [-0.39, 0.29) is 0 Å². The molecular formula is C9H20N2O3. The highest BCUT2D eigenvalue weighted by molar-refractivity contribution is 4.70. The Morgan fingerprint density at radius 1 is 1.29 bits per heavy atom. The molecule has 2 N–H and O–H groups in total. The Morgan fingerprint density at radius 3 is 2.36 bits per heavy atom. The fourth-order valence-corrected chi connectivity index (χ4v) is 1.63. The highest BCUT2D eigenvalue weighted by Gasteiger charge is 2.20. The van der Waals surface area contributed by atoms with Gasteiger partial charge in [-0.2, -0.15) is 0 Å². The van der Waals surface area contributed by atoms with Crippen LogP contribution in [0.15, 0.2) is 0 Å². The lowest BCUT2D eigenvalue weighted by Gasteiger charge is -2.24. The van der Waals surface area contributed by atoms with Gasteiger partial charge in [-0.25, -0.2) is 0 Å². The van der Waals surface area contributed by atoms with E-state index in [1.54, 1.807) is 14.2 Å². The third-order valence-electron chi connectivity index (χ3n) is 2.46. The largest absolute Gasteiger partial charge is 0.377 e. The van der Waals surface area contributed by atoms with Gasteiger partial charge in [-0.15, -0.1) is 0 Å². The van der Waals surface area contributed by atoms with Crippen LogP contribution in [0.4, 0.5) is 0 Å². The molecule has 0 aromatic carbocycles. The van der Waals surface area contributed by atoms with Crippen molar-refractivity contribution >= 4 is 0 Å². The topological polar surface area (TPSA) is 54.0 Å². The van der Waals surface area contributed by atoms with Gasteiger partial charge in [0.1, 0.15) is 6.23 Å². The molecule has 5 heteroatoms. The van der Waals surface area contributed by atoms with Crippen molar-refractivity contribution in [3.63, 3.8) is 0 Å². The van der Waals surface area contributed by atoms with Crippen LogP contribution >= 0.6 is 0 Å². The van der Waals surface area contributed by atoms with E-state index >= 15 is 0 Å². The van der Waals surface area contributed by atoms with Crippen LogP contribution in [0, 0.1) is 0 Å². The van der Waals surface area contributed by atoms with Crippen molar-refractivity contribution in [3.05, 3.63) is 0 Å². The lowest BCUT2D eigenvalue weighted by atomic mass is 10.4. The Morgan fingerprint density at radius 2 is 1.86 bits per heavy atom. The summed E-state index contributed by atoms with van der Waals surface area (Å²) in [5.41, 5.74) is 0. The van der Waals surface area contributed by atoms with Crippen LogP contribution in [0.5, 0.6) is 0 Å². The lowest BCUT2D eigenvalue weighted by Crippen LogP contribution is -2.45. The Bertz CT molecular complexity index is 147. The van der Waals surface area contributed by atoms with E-state index in [1.807, 2.05) is 0 Å². The molecular weight excluding hydrogens is 184 g/mol. The summed E-state index contributed by atoms with van der Waals surface area (Å²) < 4.78 is 9.90. The molecule has 84 valence electrons. The smallest absolute Gasteiger partial charge is 0.215 e. The van der Waals surface area contributed by atoms with Gasteiger partial charge in [0.15, 0.2) is 0 Å².